The first-order chi connectivity index (χ1) is 7.79. The number of hydrogen-bond acceptors (Lipinski definition) is 1. The molecule has 2 aromatic rings. The second kappa shape index (κ2) is 6.65. The van der Waals surface area contributed by atoms with E-state index in [1.165, 1.54) is 11.1 Å². The molecule has 2 rings (SSSR count). The van der Waals surface area contributed by atoms with E-state index in [-0.39, 0.29) is 12.4 Å². The van der Waals surface area contributed by atoms with E-state index in [4.69, 9.17) is 17.3 Å². The molecule has 3 heteroatoms. The Kier molecular flexibility index (Phi) is 5.49. The standard InChI is InChI=1S/C14H14ClN.ClH/c15-14-3-1-2-13(10-14)12-6-4-11(5-7-12)8-9-16;/h1-7,10H,8-9,16H2;1H. The molecule has 0 amide bonds. The van der Waals surface area contributed by atoms with Crippen molar-refractivity contribution >= 4 is 24.0 Å². The summed E-state index contributed by atoms with van der Waals surface area (Å²) < 4.78 is 0. The molecule has 0 fully saturated rings. The number of halogens is 2. The zero-order chi connectivity index (χ0) is 11.4. The van der Waals surface area contributed by atoms with Gasteiger partial charge in [0.15, 0.2) is 0 Å². The molecular formula is C14H15Cl2N. The maximum absolute atomic E-state index is 5.96. The fourth-order valence-electron chi connectivity index (χ4n) is 1.70. The van der Waals surface area contributed by atoms with Crippen molar-refractivity contribution in [1.29, 1.82) is 0 Å². The van der Waals surface area contributed by atoms with Crippen molar-refractivity contribution < 1.29 is 0 Å². The zero-order valence-electron chi connectivity index (χ0n) is 9.40. The maximum Gasteiger partial charge on any atom is 0.0412 e. The van der Waals surface area contributed by atoms with Crippen LogP contribution in [0.25, 0.3) is 11.1 Å². The number of hydrogen-bond donors (Lipinski definition) is 1. The smallest absolute Gasteiger partial charge is 0.0412 e. The van der Waals surface area contributed by atoms with Gasteiger partial charge >= 0.3 is 0 Å². The van der Waals surface area contributed by atoms with Crippen LogP contribution in [0, 0.1) is 0 Å². The summed E-state index contributed by atoms with van der Waals surface area (Å²) in [6.07, 6.45) is 0.926. The maximum atomic E-state index is 5.96. The first-order valence-corrected chi connectivity index (χ1v) is 5.72. The number of rotatable bonds is 3. The van der Waals surface area contributed by atoms with Gasteiger partial charge < -0.3 is 5.73 Å². The first kappa shape index (κ1) is 14.0. The predicted molar refractivity (Wildman–Crippen MR) is 76.9 cm³/mol. The molecule has 0 bridgehead atoms. The third-order valence-electron chi connectivity index (χ3n) is 2.54. The molecular weight excluding hydrogens is 253 g/mol. The highest BCUT2D eigenvalue weighted by Crippen LogP contribution is 2.22. The van der Waals surface area contributed by atoms with Crippen LogP contribution < -0.4 is 5.73 Å². The molecule has 2 N–H and O–H groups in total. The summed E-state index contributed by atoms with van der Waals surface area (Å²) >= 11 is 5.96. The molecule has 0 aliphatic heterocycles. The van der Waals surface area contributed by atoms with Crippen LogP contribution in [0.15, 0.2) is 48.5 Å². The highest BCUT2D eigenvalue weighted by atomic mass is 35.5. The van der Waals surface area contributed by atoms with E-state index in [2.05, 4.69) is 30.3 Å². The number of nitrogens with two attached hydrogens (primary N) is 1. The third-order valence-corrected chi connectivity index (χ3v) is 2.78. The normalized spacial score (nSPS) is 9.76. The Hall–Kier alpha value is -1.02. The molecule has 0 saturated heterocycles. The topological polar surface area (TPSA) is 26.0 Å². The summed E-state index contributed by atoms with van der Waals surface area (Å²) in [6.45, 7) is 0.691. The SMILES string of the molecule is Cl.NCCc1ccc(-c2cccc(Cl)c2)cc1. The Balaban J connectivity index is 0.00000144. The average molecular weight is 268 g/mol. The Morgan fingerprint density at radius 3 is 2.24 bits per heavy atom. The van der Waals surface area contributed by atoms with Gasteiger partial charge in [-0.2, -0.15) is 0 Å². The zero-order valence-corrected chi connectivity index (χ0v) is 11.0. The monoisotopic (exact) mass is 267 g/mol. The second-order valence-corrected chi connectivity index (χ2v) is 4.18. The van der Waals surface area contributed by atoms with Gasteiger partial charge in [-0.25, -0.2) is 0 Å². The average Bonchev–Trinajstić information content (AvgIpc) is 2.30. The highest BCUT2D eigenvalue weighted by Gasteiger charge is 1.98. The van der Waals surface area contributed by atoms with Crippen molar-refractivity contribution in [3.05, 3.63) is 59.1 Å². The molecule has 1 nitrogen and oxygen atoms in total. The molecule has 0 unspecified atom stereocenters. The van der Waals surface area contributed by atoms with Crippen molar-refractivity contribution in [1.82, 2.24) is 0 Å². The Morgan fingerprint density at radius 1 is 0.941 bits per heavy atom. The van der Waals surface area contributed by atoms with Gasteiger partial charge in [-0.1, -0.05) is 48.0 Å². The van der Waals surface area contributed by atoms with Crippen molar-refractivity contribution in [2.24, 2.45) is 5.73 Å². The van der Waals surface area contributed by atoms with Gasteiger partial charge in [0.05, 0.1) is 0 Å². The molecule has 0 atom stereocenters. The summed E-state index contributed by atoms with van der Waals surface area (Å²) in [4.78, 5) is 0. The van der Waals surface area contributed by atoms with Crippen LogP contribution in [0.1, 0.15) is 5.56 Å². The summed E-state index contributed by atoms with van der Waals surface area (Å²) in [5, 5.41) is 0.767. The molecule has 90 valence electrons. The van der Waals surface area contributed by atoms with Gasteiger partial charge in [0.1, 0.15) is 0 Å². The van der Waals surface area contributed by atoms with Crippen LogP contribution in [0.3, 0.4) is 0 Å². The molecule has 17 heavy (non-hydrogen) atoms. The first-order valence-electron chi connectivity index (χ1n) is 5.34. The molecule has 0 heterocycles. The third kappa shape index (κ3) is 3.74. The van der Waals surface area contributed by atoms with Crippen LogP contribution >= 0.6 is 24.0 Å². The molecule has 0 saturated carbocycles. The summed E-state index contributed by atoms with van der Waals surface area (Å²) in [7, 11) is 0. The minimum Gasteiger partial charge on any atom is -0.330 e. The largest absolute Gasteiger partial charge is 0.330 e. The van der Waals surface area contributed by atoms with E-state index < -0.39 is 0 Å². The molecule has 2 aromatic carbocycles. The van der Waals surface area contributed by atoms with Crippen molar-refractivity contribution in [3.63, 3.8) is 0 Å². The van der Waals surface area contributed by atoms with Crippen LogP contribution in [-0.2, 0) is 6.42 Å². The molecule has 0 spiro atoms. The minimum atomic E-state index is 0. The summed E-state index contributed by atoms with van der Waals surface area (Å²) in [6, 6.07) is 16.3. The van der Waals surface area contributed by atoms with Gasteiger partial charge in [0, 0.05) is 5.02 Å². The molecule has 0 aliphatic rings. The fraction of sp³-hybridized carbons (Fsp3) is 0.143. The van der Waals surface area contributed by atoms with E-state index >= 15 is 0 Å². The van der Waals surface area contributed by atoms with E-state index in [1.54, 1.807) is 0 Å². The van der Waals surface area contributed by atoms with Crippen molar-refractivity contribution in [2.75, 3.05) is 6.54 Å². The molecule has 0 aliphatic carbocycles. The lowest BCUT2D eigenvalue weighted by molar-refractivity contribution is 0.969. The number of benzene rings is 2. The molecule has 0 radical (unpaired) electrons. The molecule has 0 aromatic heterocycles. The second-order valence-electron chi connectivity index (χ2n) is 3.75. The van der Waals surface area contributed by atoms with E-state index in [9.17, 15) is 0 Å². The summed E-state index contributed by atoms with van der Waals surface area (Å²) in [5.74, 6) is 0. The van der Waals surface area contributed by atoms with Crippen LogP contribution in [0.5, 0.6) is 0 Å². The van der Waals surface area contributed by atoms with E-state index in [0.29, 0.717) is 6.54 Å². The van der Waals surface area contributed by atoms with Crippen molar-refractivity contribution in [3.8, 4) is 11.1 Å². The quantitative estimate of drug-likeness (QED) is 0.896. The van der Waals surface area contributed by atoms with Crippen molar-refractivity contribution in [2.45, 2.75) is 6.42 Å². The lowest BCUT2D eigenvalue weighted by atomic mass is 10.0. The Labute approximate surface area is 113 Å². The summed E-state index contributed by atoms with van der Waals surface area (Å²) in [5.41, 5.74) is 9.11. The lowest BCUT2D eigenvalue weighted by Crippen LogP contribution is -2.02. The minimum absolute atomic E-state index is 0. The van der Waals surface area contributed by atoms with Gasteiger partial charge in [-0.3, -0.25) is 0 Å². The lowest BCUT2D eigenvalue weighted by Gasteiger charge is -2.04. The van der Waals surface area contributed by atoms with E-state index in [0.717, 1.165) is 17.0 Å². The highest BCUT2D eigenvalue weighted by molar-refractivity contribution is 6.30. The Morgan fingerprint density at radius 2 is 1.65 bits per heavy atom. The fourth-order valence-corrected chi connectivity index (χ4v) is 1.89. The van der Waals surface area contributed by atoms with E-state index in [1.807, 2.05) is 18.2 Å². The van der Waals surface area contributed by atoms with Crippen LogP contribution in [0.2, 0.25) is 5.02 Å². The van der Waals surface area contributed by atoms with Gasteiger partial charge in [0.2, 0.25) is 0 Å². The Bertz CT molecular complexity index is 466. The predicted octanol–water partition coefficient (Wildman–Crippen LogP) is 3.93. The van der Waals surface area contributed by atoms with Crippen LogP contribution in [0.4, 0.5) is 0 Å². The van der Waals surface area contributed by atoms with Gasteiger partial charge in [-0.15, -0.1) is 12.4 Å². The van der Waals surface area contributed by atoms with Gasteiger partial charge in [-0.05, 0) is 41.8 Å². The van der Waals surface area contributed by atoms with Crippen LogP contribution in [-0.4, -0.2) is 6.54 Å². The van der Waals surface area contributed by atoms with Gasteiger partial charge in [0.25, 0.3) is 0 Å².